The normalized spacial score (nSPS) is 13.8. The van der Waals surface area contributed by atoms with Gasteiger partial charge in [-0.25, -0.2) is 0 Å². The van der Waals surface area contributed by atoms with Crippen LogP contribution in [0.5, 0.6) is 0 Å². The Hall–Kier alpha value is -1.78. The number of hydrogen-bond acceptors (Lipinski definition) is 4. The van der Waals surface area contributed by atoms with Gasteiger partial charge in [0, 0.05) is 32.0 Å². The maximum Gasteiger partial charge on any atom is 0.205 e. The molecule has 1 aliphatic carbocycles. The number of benzene rings is 1. The number of ketones is 2. The van der Waals surface area contributed by atoms with Crippen molar-refractivity contribution in [1.29, 1.82) is 0 Å². The third-order valence-electron chi connectivity index (χ3n) is 3.18. The summed E-state index contributed by atoms with van der Waals surface area (Å²) in [6, 6.07) is 7.68. The van der Waals surface area contributed by atoms with Crippen LogP contribution in [0.3, 0.4) is 0 Å². The van der Waals surface area contributed by atoms with E-state index in [0.29, 0.717) is 21.6 Å². The van der Waals surface area contributed by atoms with Gasteiger partial charge >= 0.3 is 0 Å². The maximum absolute atomic E-state index is 12.5. The van der Waals surface area contributed by atoms with Gasteiger partial charge in [-0.1, -0.05) is 18.2 Å². The van der Waals surface area contributed by atoms with E-state index in [0.717, 1.165) is 10.1 Å². The number of thiophene rings is 2. The summed E-state index contributed by atoms with van der Waals surface area (Å²) in [5.41, 5.74) is 1.71. The summed E-state index contributed by atoms with van der Waals surface area (Å²) in [6.07, 6.45) is 0. The van der Waals surface area contributed by atoms with E-state index in [9.17, 15) is 9.59 Å². The molecule has 2 aromatic heterocycles. The molecule has 4 rings (SSSR count). The van der Waals surface area contributed by atoms with Crippen molar-refractivity contribution in [2.75, 3.05) is 0 Å². The SMILES string of the molecule is O=C1c2cscc2C(=O)c2c1sc1ccccc21. The highest BCUT2D eigenvalue weighted by Crippen LogP contribution is 2.39. The largest absolute Gasteiger partial charge is 0.288 e. The van der Waals surface area contributed by atoms with Crippen LogP contribution in [0.25, 0.3) is 10.1 Å². The molecule has 0 unspecified atom stereocenters. The molecular formula is C14H6O2S2. The Morgan fingerprint density at radius 2 is 1.61 bits per heavy atom. The minimum atomic E-state index is -0.0155. The predicted molar refractivity (Wildman–Crippen MR) is 73.0 cm³/mol. The lowest BCUT2D eigenvalue weighted by Gasteiger charge is -2.09. The lowest BCUT2D eigenvalue weighted by atomic mass is 9.90. The topological polar surface area (TPSA) is 34.1 Å². The van der Waals surface area contributed by atoms with Gasteiger partial charge in [-0.3, -0.25) is 9.59 Å². The minimum Gasteiger partial charge on any atom is -0.288 e. The molecule has 2 nitrogen and oxygen atoms in total. The Kier molecular flexibility index (Phi) is 1.90. The molecule has 86 valence electrons. The van der Waals surface area contributed by atoms with Crippen molar-refractivity contribution in [2.45, 2.75) is 0 Å². The van der Waals surface area contributed by atoms with Crippen LogP contribution in [-0.4, -0.2) is 11.6 Å². The van der Waals surface area contributed by atoms with Crippen molar-refractivity contribution < 1.29 is 9.59 Å². The standard InChI is InChI=1S/C14H6O2S2/c15-12-8-5-17-6-9(8)13(16)14-11(12)7-3-1-2-4-10(7)18-14/h1-6H. The molecule has 0 amide bonds. The second kappa shape index (κ2) is 3.37. The number of carbonyl (C=O) groups excluding carboxylic acids is 2. The molecule has 1 aliphatic rings. The first-order chi connectivity index (χ1) is 8.77. The highest BCUT2D eigenvalue weighted by molar-refractivity contribution is 7.21. The molecule has 1 aromatic carbocycles. The van der Waals surface area contributed by atoms with Crippen LogP contribution in [0.4, 0.5) is 0 Å². The second-order valence-corrected chi connectivity index (χ2v) is 5.96. The lowest BCUT2D eigenvalue weighted by Crippen LogP contribution is -2.16. The smallest absolute Gasteiger partial charge is 0.205 e. The Balaban J connectivity index is 2.15. The fourth-order valence-corrected chi connectivity index (χ4v) is 4.30. The monoisotopic (exact) mass is 270 g/mol. The summed E-state index contributed by atoms with van der Waals surface area (Å²) in [5.74, 6) is -0.0275. The molecule has 0 saturated heterocycles. The molecular weight excluding hydrogens is 264 g/mol. The molecule has 0 saturated carbocycles. The Labute approximate surface area is 110 Å². The van der Waals surface area contributed by atoms with Crippen molar-refractivity contribution in [3.8, 4) is 0 Å². The van der Waals surface area contributed by atoms with E-state index in [1.54, 1.807) is 10.8 Å². The summed E-state index contributed by atoms with van der Waals surface area (Å²) in [7, 11) is 0. The molecule has 0 fully saturated rings. The zero-order chi connectivity index (χ0) is 12.3. The van der Waals surface area contributed by atoms with Crippen LogP contribution in [0.15, 0.2) is 35.0 Å². The number of rotatable bonds is 0. The first-order valence-corrected chi connectivity index (χ1v) is 7.20. The third kappa shape index (κ3) is 1.11. The van der Waals surface area contributed by atoms with Crippen molar-refractivity contribution in [3.63, 3.8) is 0 Å². The summed E-state index contributed by atoms with van der Waals surface area (Å²) < 4.78 is 0.998. The Morgan fingerprint density at radius 3 is 2.44 bits per heavy atom. The summed E-state index contributed by atoms with van der Waals surface area (Å²) in [5, 5.41) is 4.43. The van der Waals surface area contributed by atoms with E-state index in [1.165, 1.54) is 22.7 Å². The highest BCUT2D eigenvalue weighted by atomic mass is 32.1. The van der Waals surface area contributed by atoms with Crippen LogP contribution < -0.4 is 0 Å². The van der Waals surface area contributed by atoms with Gasteiger partial charge in [0.05, 0.1) is 10.4 Å². The van der Waals surface area contributed by atoms with Gasteiger partial charge in [-0.15, -0.1) is 11.3 Å². The van der Waals surface area contributed by atoms with Gasteiger partial charge in [0.1, 0.15) is 0 Å². The maximum atomic E-state index is 12.5. The Bertz CT molecular complexity index is 823. The number of hydrogen-bond donors (Lipinski definition) is 0. The first-order valence-electron chi connectivity index (χ1n) is 5.44. The molecule has 0 radical (unpaired) electrons. The molecule has 0 aliphatic heterocycles. The van der Waals surface area contributed by atoms with Crippen molar-refractivity contribution >= 4 is 44.3 Å². The minimum absolute atomic E-state index is 0.0120. The van der Waals surface area contributed by atoms with Gasteiger partial charge < -0.3 is 0 Å². The van der Waals surface area contributed by atoms with Crippen molar-refractivity contribution in [1.82, 2.24) is 0 Å². The van der Waals surface area contributed by atoms with Crippen molar-refractivity contribution in [3.05, 3.63) is 56.6 Å². The zero-order valence-electron chi connectivity index (χ0n) is 9.10. The van der Waals surface area contributed by atoms with Gasteiger partial charge in [0.25, 0.3) is 0 Å². The first kappa shape index (κ1) is 10.2. The summed E-state index contributed by atoms with van der Waals surface area (Å²) >= 11 is 2.82. The average molecular weight is 270 g/mol. The molecule has 2 heterocycles. The van der Waals surface area contributed by atoms with E-state index in [4.69, 9.17) is 0 Å². The zero-order valence-corrected chi connectivity index (χ0v) is 10.7. The van der Waals surface area contributed by atoms with E-state index in [1.807, 2.05) is 24.3 Å². The molecule has 0 spiro atoms. The Morgan fingerprint density at radius 1 is 0.889 bits per heavy atom. The second-order valence-electron chi connectivity index (χ2n) is 4.16. The van der Waals surface area contributed by atoms with Gasteiger partial charge in [0.15, 0.2) is 5.78 Å². The van der Waals surface area contributed by atoms with Crippen LogP contribution in [-0.2, 0) is 0 Å². The number of carbonyl (C=O) groups is 2. The van der Waals surface area contributed by atoms with Crippen molar-refractivity contribution in [2.24, 2.45) is 0 Å². The third-order valence-corrected chi connectivity index (χ3v) is 5.09. The van der Waals surface area contributed by atoms with E-state index < -0.39 is 0 Å². The molecule has 4 heteroatoms. The van der Waals surface area contributed by atoms with Gasteiger partial charge in [0.2, 0.25) is 5.78 Å². The van der Waals surface area contributed by atoms with E-state index >= 15 is 0 Å². The van der Waals surface area contributed by atoms with Gasteiger partial charge in [-0.2, -0.15) is 11.3 Å². The average Bonchev–Trinajstić information content (AvgIpc) is 3.00. The predicted octanol–water partition coefficient (Wildman–Crippen LogP) is 3.74. The fraction of sp³-hybridized carbons (Fsp3) is 0. The van der Waals surface area contributed by atoms with E-state index in [-0.39, 0.29) is 11.6 Å². The molecule has 18 heavy (non-hydrogen) atoms. The molecule has 0 atom stereocenters. The molecule has 3 aromatic rings. The molecule has 0 bridgehead atoms. The molecule has 0 N–H and O–H groups in total. The quantitative estimate of drug-likeness (QED) is 0.488. The van der Waals surface area contributed by atoms with Crippen LogP contribution in [0.1, 0.15) is 31.2 Å². The van der Waals surface area contributed by atoms with Crippen LogP contribution in [0, 0.1) is 0 Å². The van der Waals surface area contributed by atoms with E-state index in [2.05, 4.69) is 0 Å². The fourth-order valence-electron chi connectivity index (χ4n) is 2.34. The van der Waals surface area contributed by atoms with Gasteiger partial charge in [-0.05, 0) is 6.07 Å². The number of fused-ring (bicyclic) bond motifs is 4. The van der Waals surface area contributed by atoms with Crippen LogP contribution >= 0.6 is 22.7 Å². The van der Waals surface area contributed by atoms with Crippen LogP contribution in [0.2, 0.25) is 0 Å². The summed E-state index contributed by atoms with van der Waals surface area (Å²) in [6.45, 7) is 0. The highest BCUT2D eigenvalue weighted by Gasteiger charge is 2.33. The lowest BCUT2D eigenvalue weighted by molar-refractivity contribution is 0.0984. The summed E-state index contributed by atoms with van der Waals surface area (Å²) in [4.78, 5) is 25.4.